The SMILES string of the molecule is CC(C)[C@H](C(=O)NC1CCC(n2c(=O)c3cc(F)cnc3n(-c3cccc(-c4ccc(CN5CCCN(C)CC5)cc4)c3)c2=O)CC1)N(C(=O)O)C(C)(C)C. The molecule has 1 saturated heterocycles. The molecule has 0 spiro atoms. The first-order valence-corrected chi connectivity index (χ1v) is 19.4. The maximum absolute atomic E-state index is 14.6. The van der Waals surface area contributed by atoms with Crippen LogP contribution in [0.15, 0.2) is 70.4 Å². The van der Waals surface area contributed by atoms with E-state index in [-0.39, 0.29) is 28.9 Å². The minimum absolute atomic E-state index is 0.000191. The van der Waals surface area contributed by atoms with Crippen molar-refractivity contribution in [2.75, 3.05) is 33.2 Å². The number of carbonyl (C=O) groups is 2. The van der Waals surface area contributed by atoms with Gasteiger partial charge in [0.05, 0.1) is 17.3 Å². The molecule has 2 fully saturated rings. The summed E-state index contributed by atoms with van der Waals surface area (Å²) in [4.78, 5) is 64.4. The topological polar surface area (TPSA) is 133 Å². The predicted molar refractivity (Wildman–Crippen MR) is 212 cm³/mol. The van der Waals surface area contributed by atoms with Crippen molar-refractivity contribution < 1.29 is 19.1 Å². The van der Waals surface area contributed by atoms with Crippen LogP contribution in [0.3, 0.4) is 0 Å². The Hall–Kier alpha value is -4.88. The molecule has 0 bridgehead atoms. The number of hydrogen-bond acceptors (Lipinski definition) is 7. The number of amides is 2. The largest absolute Gasteiger partial charge is 0.465 e. The maximum atomic E-state index is 14.6. The molecule has 294 valence electrons. The van der Waals surface area contributed by atoms with Crippen LogP contribution in [0.1, 0.15) is 78.3 Å². The number of nitrogens with zero attached hydrogens (tertiary/aromatic N) is 6. The highest BCUT2D eigenvalue weighted by Gasteiger charge is 2.40. The molecule has 2 aromatic heterocycles. The quantitative estimate of drug-likeness (QED) is 0.216. The van der Waals surface area contributed by atoms with Crippen molar-refractivity contribution in [1.29, 1.82) is 0 Å². The van der Waals surface area contributed by atoms with Gasteiger partial charge < -0.3 is 15.3 Å². The molecular formula is C42H54FN7O5. The highest BCUT2D eigenvalue weighted by Crippen LogP contribution is 2.30. The van der Waals surface area contributed by atoms with Crippen LogP contribution in [-0.2, 0) is 11.3 Å². The van der Waals surface area contributed by atoms with Crippen LogP contribution in [0, 0.1) is 11.7 Å². The van der Waals surface area contributed by atoms with E-state index in [4.69, 9.17) is 0 Å². The molecule has 2 aliphatic rings. The van der Waals surface area contributed by atoms with Crippen LogP contribution in [-0.4, -0.2) is 96.8 Å². The number of carboxylic acid groups (broad SMARTS) is 1. The predicted octanol–water partition coefficient (Wildman–Crippen LogP) is 5.89. The molecule has 55 heavy (non-hydrogen) atoms. The number of aromatic nitrogens is 3. The summed E-state index contributed by atoms with van der Waals surface area (Å²) < 4.78 is 17.2. The fraction of sp³-hybridized carbons (Fsp3) is 0.500. The van der Waals surface area contributed by atoms with Crippen molar-refractivity contribution in [1.82, 2.24) is 34.1 Å². The average molecular weight is 756 g/mol. The van der Waals surface area contributed by atoms with Gasteiger partial charge in [0.1, 0.15) is 11.9 Å². The van der Waals surface area contributed by atoms with E-state index >= 15 is 0 Å². The van der Waals surface area contributed by atoms with Crippen LogP contribution in [0.25, 0.3) is 27.8 Å². The van der Waals surface area contributed by atoms with E-state index in [9.17, 15) is 28.7 Å². The zero-order valence-electron chi connectivity index (χ0n) is 32.8. The summed E-state index contributed by atoms with van der Waals surface area (Å²) in [6, 6.07) is 15.4. The van der Waals surface area contributed by atoms with E-state index in [0.717, 1.165) is 62.5 Å². The number of nitrogens with one attached hydrogen (secondary N) is 1. The lowest BCUT2D eigenvalue weighted by molar-refractivity contribution is -0.130. The highest BCUT2D eigenvalue weighted by molar-refractivity contribution is 5.86. The second-order valence-corrected chi connectivity index (χ2v) is 16.5. The van der Waals surface area contributed by atoms with E-state index in [1.54, 1.807) is 26.8 Å². The first kappa shape index (κ1) is 39.8. The Morgan fingerprint density at radius 3 is 2.33 bits per heavy atom. The lowest BCUT2D eigenvalue weighted by Gasteiger charge is -2.41. The monoisotopic (exact) mass is 755 g/mol. The molecule has 0 radical (unpaired) electrons. The molecule has 1 aliphatic heterocycles. The van der Waals surface area contributed by atoms with Crippen molar-refractivity contribution in [2.45, 2.75) is 96.9 Å². The fourth-order valence-electron chi connectivity index (χ4n) is 8.19. The van der Waals surface area contributed by atoms with Gasteiger partial charge in [-0.25, -0.2) is 23.5 Å². The second kappa shape index (κ2) is 16.5. The van der Waals surface area contributed by atoms with Crippen molar-refractivity contribution in [3.05, 3.63) is 93.0 Å². The number of likely N-dealkylation sites (N-methyl/N-ethyl adjacent to an activating group) is 1. The Bertz CT molecular complexity index is 2130. The number of rotatable bonds is 9. The van der Waals surface area contributed by atoms with E-state index in [1.165, 1.54) is 19.6 Å². The van der Waals surface area contributed by atoms with Gasteiger partial charge in [0.15, 0.2) is 5.65 Å². The van der Waals surface area contributed by atoms with Crippen molar-refractivity contribution in [3.8, 4) is 16.8 Å². The smallest absolute Gasteiger partial charge is 0.408 e. The first-order chi connectivity index (χ1) is 26.1. The molecule has 4 aromatic rings. The van der Waals surface area contributed by atoms with Crippen molar-refractivity contribution >= 4 is 23.0 Å². The van der Waals surface area contributed by atoms with Crippen molar-refractivity contribution in [2.24, 2.45) is 5.92 Å². The molecule has 3 heterocycles. The summed E-state index contributed by atoms with van der Waals surface area (Å²) in [6.07, 6.45) is 2.74. The molecule has 6 rings (SSSR count). The second-order valence-electron chi connectivity index (χ2n) is 16.5. The fourth-order valence-corrected chi connectivity index (χ4v) is 8.19. The molecule has 2 aromatic carbocycles. The van der Waals surface area contributed by atoms with Crippen LogP contribution < -0.4 is 16.6 Å². The molecule has 2 amide bonds. The summed E-state index contributed by atoms with van der Waals surface area (Å²) >= 11 is 0. The number of fused-ring (bicyclic) bond motifs is 1. The molecular weight excluding hydrogens is 702 g/mol. The van der Waals surface area contributed by atoms with Gasteiger partial charge in [-0.05, 0) is 114 Å². The van der Waals surface area contributed by atoms with E-state index in [0.29, 0.717) is 31.4 Å². The molecule has 2 N–H and O–H groups in total. The number of carbonyl (C=O) groups excluding carboxylic acids is 1. The van der Waals surface area contributed by atoms with Gasteiger partial charge in [-0.1, -0.05) is 50.2 Å². The van der Waals surface area contributed by atoms with Gasteiger partial charge in [-0.15, -0.1) is 0 Å². The third-order valence-electron chi connectivity index (χ3n) is 11.0. The number of pyridine rings is 1. The Labute approximate surface area is 321 Å². The first-order valence-electron chi connectivity index (χ1n) is 19.4. The van der Waals surface area contributed by atoms with E-state index < -0.39 is 40.8 Å². The molecule has 1 saturated carbocycles. The lowest BCUT2D eigenvalue weighted by Crippen LogP contribution is -2.60. The van der Waals surface area contributed by atoms with E-state index in [1.807, 2.05) is 32.0 Å². The zero-order valence-corrected chi connectivity index (χ0v) is 32.8. The summed E-state index contributed by atoms with van der Waals surface area (Å²) in [6.45, 7) is 14.1. The van der Waals surface area contributed by atoms with Gasteiger partial charge >= 0.3 is 11.8 Å². The Balaban J connectivity index is 1.25. The molecule has 1 atom stereocenters. The average Bonchev–Trinajstić information content (AvgIpc) is 3.34. The third kappa shape index (κ3) is 8.83. The Kier molecular flexibility index (Phi) is 11.9. The summed E-state index contributed by atoms with van der Waals surface area (Å²) in [5.74, 6) is -1.33. The zero-order chi connectivity index (χ0) is 39.6. The van der Waals surface area contributed by atoms with Gasteiger partial charge in [0.2, 0.25) is 5.91 Å². The normalized spacial score (nSPS) is 19.3. The van der Waals surface area contributed by atoms with Crippen LogP contribution in [0.2, 0.25) is 0 Å². The molecule has 1 aliphatic carbocycles. The molecule has 13 heteroatoms. The lowest BCUT2D eigenvalue weighted by atomic mass is 9.89. The van der Waals surface area contributed by atoms with Crippen molar-refractivity contribution in [3.63, 3.8) is 0 Å². The summed E-state index contributed by atoms with van der Waals surface area (Å²) in [5.41, 5.74) is 1.68. The van der Waals surface area contributed by atoms with Crippen LogP contribution >= 0.6 is 0 Å². The minimum atomic E-state index is -1.17. The third-order valence-corrected chi connectivity index (χ3v) is 11.0. The van der Waals surface area contributed by atoms with E-state index in [2.05, 4.69) is 51.4 Å². The van der Waals surface area contributed by atoms with Gasteiger partial charge in [-0.2, -0.15) is 0 Å². The number of benzene rings is 2. The van der Waals surface area contributed by atoms with Gasteiger partial charge in [0, 0.05) is 37.3 Å². The minimum Gasteiger partial charge on any atom is -0.465 e. The number of halogens is 1. The highest BCUT2D eigenvalue weighted by atomic mass is 19.1. The standard InChI is InChI=1S/C42H54FN7O5/c1-27(2)36(50(41(54)55)42(3,4)5)38(51)45-32-15-17-33(18-16-32)49-39(52)35-24-31(43)25-44-37(35)48(40(49)53)34-10-7-9-30(23-34)29-13-11-28(12-14-29)26-47-20-8-19-46(6)21-22-47/h7,9-14,23-25,27,32-33,36H,8,15-22,26H2,1-6H3,(H,45,51)(H,54,55)/t32?,33?,36-/m1/s1. The number of hydrogen-bond donors (Lipinski definition) is 2. The maximum Gasteiger partial charge on any atom is 0.408 e. The summed E-state index contributed by atoms with van der Waals surface area (Å²) in [5, 5.41) is 13.0. The Morgan fingerprint density at radius 1 is 0.964 bits per heavy atom. The molecule has 0 unspecified atom stereocenters. The molecule has 12 nitrogen and oxygen atoms in total. The van der Waals surface area contributed by atoms with Gasteiger partial charge in [0.25, 0.3) is 5.56 Å². The van der Waals surface area contributed by atoms with Gasteiger partial charge in [-0.3, -0.25) is 24.0 Å². The summed E-state index contributed by atoms with van der Waals surface area (Å²) in [7, 11) is 2.16. The van der Waals surface area contributed by atoms with Crippen LogP contribution in [0.5, 0.6) is 0 Å². The Morgan fingerprint density at radius 2 is 1.67 bits per heavy atom. The van der Waals surface area contributed by atoms with Crippen LogP contribution in [0.4, 0.5) is 9.18 Å².